The Bertz CT molecular complexity index is 833. The molecule has 2 N–H and O–H groups in total. The van der Waals surface area contributed by atoms with Gasteiger partial charge in [-0.2, -0.15) is 0 Å². The summed E-state index contributed by atoms with van der Waals surface area (Å²) in [6, 6.07) is 9.21. The lowest BCUT2D eigenvalue weighted by molar-refractivity contribution is 0.0949. The van der Waals surface area contributed by atoms with Gasteiger partial charge in [0.15, 0.2) is 0 Å². The summed E-state index contributed by atoms with van der Waals surface area (Å²) in [5.74, 6) is 0.883. The molecule has 0 atom stereocenters. The second kappa shape index (κ2) is 9.16. The Balaban J connectivity index is 1.65. The number of carbonyl (C=O) groups excluding carboxylic acids is 1. The van der Waals surface area contributed by atoms with Crippen molar-refractivity contribution in [3.63, 3.8) is 0 Å². The van der Waals surface area contributed by atoms with Gasteiger partial charge in [0, 0.05) is 12.2 Å². The van der Waals surface area contributed by atoms with E-state index in [2.05, 4.69) is 26.7 Å². The van der Waals surface area contributed by atoms with Gasteiger partial charge in [0.05, 0.1) is 12.8 Å². The maximum atomic E-state index is 12.5. The second-order valence-corrected chi connectivity index (χ2v) is 6.66. The normalized spacial score (nSPS) is 13.6. The van der Waals surface area contributed by atoms with Gasteiger partial charge in [-0.1, -0.05) is 23.8 Å². The van der Waals surface area contributed by atoms with Crippen LogP contribution < -0.4 is 15.4 Å². The average Bonchev–Trinajstić information content (AvgIpc) is 2.68. The number of anilines is 2. The number of allylic oxidation sites excluding steroid dienone is 1. The number of para-hydroxylation sites is 2. The fourth-order valence-electron chi connectivity index (χ4n) is 3.17. The molecule has 142 valence electrons. The van der Waals surface area contributed by atoms with Crippen LogP contribution in [0.25, 0.3) is 0 Å². The van der Waals surface area contributed by atoms with Gasteiger partial charge in [0.2, 0.25) is 5.95 Å². The Morgan fingerprint density at radius 3 is 2.85 bits per heavy atom. The van der Waals surface area contributed by atoms with E-state index in [1.807, 2.05) is 31.2 Å². The fourth-order valence-corrected chi connectivity index (χ4v) is 3.17. The number of hydrogen-bond donors (Lipinski definition) is 2. The van der Waals surface area contributed by atoms with Crippen LogP contribution in [0.3, 0.4) is 0 Å². The summed E-state index contributed by atoms with van der Waals surface area (Å²) in [5.41, 5.74) is 3.28. The largest absolute Gasteiger partial charge is 0.495 e. The highest BCUT2D eigenvalue weighted by Gasteiger charge is 2.12. The molecule has 27 heavy (non-hydrogen) atoms. The Labute approximate surface area is 160 Å². The average molecular weight is 366 g/mol. The highest BCUT2D eigenvalue weighted by Crippen LogP contribution is 2.25. The first-order valence-electron chi connectivity index (χ1n) is 9.37. The zero-order valence-corrected chi connectivity index (χ0v) is 15.9. The molecule has 3 rings (SSSR count). The van der Waals surface area contributed by atoms with Crippen LogP contribution in [-0.2, 0) is 0 Å². The lowest BCUT2D eigenvalue weighted by Gasteiger charge is -2.13. The minimum atomic E-state index is -0.181. The number of benzene rings is 1. The summed E-state index contributed by atoms with van der Waals surface area (Å²) in [4.78, 5) is 21.2. The maximum absolute atomic E-state index is 12.5. The van der Waals surface area contributed by atoms with Gasteiger partial charge < -0.3 is 15.4 Å². The lowest BCUT2D eigenvalue weighted by atomic mass is 9.97. The van der Waals surface area contributed by atoms with Crippen molar-refractivity contribution in [2.45, 2.75) is 39.0 Å². The molecule has 0 fully saturated rings. The highest BCUT2D eigenvalue weighted by atomic mass is 16.5. The predicted molar refractivity (Wildman–Crippen MR) is 107 cm³/mol. The highest BCUT2D eigenvalue weighted by molar-refractivity contribution is 5.92. The molecule has 0 aliphatic heterocycles. The lowest BCUT2D eigenvalue weighted by Crippen LogP contribution is -2.26. The van der Waals surface area contributed by atoms with Crippen molar-refractivity contribution >= 4 is 17.5 Å². The molecule has 1 aliphatic carbocycles. The molecule has 0 radical (unpaired) electrons. The van der Waals surface area contributed by atoms with Crippen LogP contribution in [0.4, 0.5) is 11.6 Å². The Morgan fingerprint density at radius 1 is 1.22 bits per heavy atom. The molecule has 0 spiro atoms. The van der Waals surface area contributed by atoms with E-state index < -0.39 is 0 Å². The van der Waals surface area contributed by atoms with Crippen LogP contribution >= 0.6 is 0 Å². The Morgan fingerprint density at radius 2 is 2.07 bits per heavy atom. The van der Waals surface area contributed by atoms with Gasteiger partial charge >= 0.3 is 0 Å². The van der Waals surface area contributed by atoms with E-state index in [-0.39, 0.29) is 5.91 Å². The molecule has 6 heteroatoms. The molecule has 1 heterocycles. The standard InChI is InChI=1S/C21H26N4O2/c1-15-14-18(20(26)22-13-12-16-8-4-3-5-9-16)25-21(23-15)24-17-10-6-7-11-19(17)27-2/h6-8,10-11,14H,3-5,9,12-13H2,1-2H3,(H,22,26)(H,23,24,25). The number of rotatable bonds is 7. The number of nitrogens with zero attached hydrogens (tertiary/aromatic N) is 2. The maximum Gasteiger partial charge on any atom is 0.270 e. The van der Waals surface area contributed by atoms with Crippen LogP contribution in [0.2, 0.25) is 0 Å². The second-order valence-electron chi connectivity index (χ2n) is 6.66. The number of carbonyl (C=O) groups is 1. The molecule has 1 aliphatic rings. The van der Waals surface area contributed by atoms with Crippen molar-refractivity contribution in [1.82, 2.24) is 15.3 Å². The van der Waals surface area contributed by atoms with Gasteiger partial charge in [-0.25, -0.2) is 9.97 Å². The molecule has 1 amide bonds. The van der Waals surface area contributed by atoms with E-state index in [1.54, 1.807) is 13.2 Å². The first-order chi connectivity index (χ1) is 13.2. The first kappa shape index (κ1) is 18.9. The van der Waals surface area contributed by atoms with Gasteiger partial charge in [0.1, 0.15) is 11.4 Å². The Kier molecular flexibility index (Phi) is 6.41. The van der Waals surface area contributed by atoms with Crippen LogP contribution in [0.15, 0.2) is 42.0 Å². The Hall–Kier alpha value is -2.89. The third-order valence-electron chi connectivity index (χ3n) is 4.56. The summed E-state index contributed by atoms with van der Waals surface area (Å²) in [6.07, 6.45) is 8.05. The minimum absolute atomic E-state index is 0.181. The van der Waals surface area contributed by atoms with Crippen molar-refractivity contribution in [1.29, 1.82) is 0 Å². The van der Waals surface area contributed by atoms with E-state index in [0.29, 0.717) is 23.9 Å². The number of aromatic nitrogens is 2. The molecule has 1 aromatic heterocycles. The van der Waals surface area contributed by atoms with Crippen LogP contribution in [0.5, 0.6) is 5.75 Å². The number of amides is 1. The van der Waals surface area contributed by atoms with E-state index >= 15 is 0 Å². The molecule has 0 unspecified atom stereocenters. The van der Waals surface area contributed by atoms with Crippen molar-refractivity contribution in [3.8, 4) is 5.75 Å². The third-order valence-corrected chi connectivity index (χ3v) is 4.56. The molecule has 6 nitrogen and oxygen atoms in total. The predicted octanol–water partition coefficient (Wildman–Crippen LogP) is 4.16. The van der Waals surface area contributed by atoms with Crippen molar-refractivity contribution < 1.29 is 9.53 Å². The van der Waals surface area contributed by atoms with Crippen LogP contribution in [0, 0.1) is 6.92 Å². The quantitative estimate of drug-likeness (QED) is 0.720. The monoisotopic (exact) mass is 366 g/mol. The van der Waals surface area contributed by atoms with Crippen molar-refractivity contribution in [3.05, 3.63) is 53.4 Å². The third kappa shape index (κ3) is 5.29. The fraction of sp³-hybridized carbons (Fsp3) is 0.381. The molecule has 2 aromatic rings. The molecule has 0 bridgehead atoms. The van der Waals surface area contributed by atoms with E-state index in [1.165, 1.54) is 18.4 Å². The zero-order valence-electron chi connectivity index (χ0n) is 15.9. The molecule has 0 saturated heterocycles. The van der Waals surface area contributed by atoms with Gasteiger partial charge in [-0.15, -0.1) is 0 Å². The smallest absolute Gasteiger partial charge is 0.270 e. The summed E-state index contributed by atoms with van der Waals surface area (Å²) in [7, 11) is 1.61. The summed E-state index contributed by atoms with van der Waals surface area (Å²) < 4.78 is 5.33. The van der Waals surface area contributed by atoms with Gasteiger partial charge in [-0.05, 0) is 57.2 Å². The number of nitrogens with one attached hydrogen (secondary N) is 2. The number of hydrogen-bond acceptors (Lipinski definition) is 5. The van der Waals surface area contributed by atoms with Crippen molar-refractivity contribution in [2.24, 2.45) is 0 Å². The molecular weight excluding hydrogens is 340 g/mol. The number of aryl methyl sites for hydroxylation is 1. The number of methoxy groups -OCH3 is 1. The van der Waals surface area contributed by atoms with E-state index in [0.717, 1.165) is 30.6 Å². The van der Waals surface area contributed by atoms with Crippen molar-refractivity contribution in [2.75, 3.05) is 19.0 Å². The topological polar surface area (TPSA) is 76.1 Å². The molecule has 0 saturated carbocycles. The van der Waals surface area contributed by atoms with Crippen LogP contribution in [-0.4, -0.2) is 29.5 Å². The summed E-state index contributed by atoms with van der Waals surface area (Å²) >= 11 is 0. The van der Waals surface area contributed by atoms with E-state index in [9.17, 15) is 4.79 Å². The van der Waals surface area contributed by atoms with Gasteiger partial charge in [-0.3, -0.25) is 4.79 Å². The minimum Gasteiger partial charge on any atom is -0.495 e. The zero-order chi connectivity index (χ0) is 19.1. The van der Waals surface area contributed by atoms with Gasteiger partial charge in [0.25, 0.3) is 5.91 Å². The summed E-state index contributed by atoms with van der Waals surface area (Å²) in [5, 5.41) is 6.10. The van der Waals surface area contributed by atoms with Crippen LogP contribution in [0.1, 0.15) is 48.3 Å². The molecule has 1 aromatic carbocycles. The molecular formula is C21H26N4O2. The SMILES string of the molecule is COc1ccccc1Nc1nc(C)cc(C(=O)NCCC2=CCCCC2)n1. The summed E-state index contributed by atoms with van der Waals surface area (Å²) in [6.45, 7) is 2.47. The number of ether oxygens (including phenoxy) is 1. The first-order valence-corrected chi connectivity index (χ1v) is 9.37. The van der Waals surface area contributed by atoms with E-state index in [4.69, 9.17) is 4.74 Å².